The smallest absolute Gasteiger partial charge is 0.303 e. The fourth-order valence-electron chi connectivity index (χ4n) is 1.67. The summed E-state index contributed by atoms with van der Waals surface area (Å²) in [5.41, 5.74) is -0.203. The van der Waals surface area contributed by atoms with Gasteiger partial charge in [0.1, 0.15) is 0 Å². The fourth-order valence-corrected chi connectivity index (χ4v) is 2.78. The number of nitrogens with zero attached hydrogens (tertiary/aromatic N) is 1. The summed E-state index contributed by atoms with van der Waals surface area (Å²) in [4.78, 5) is 20.4. The van der Waals surface area contributed by atoms with Crippen molar-refractivity contribution < 1.29 is 23.2 Å². The van der Waals surface area contributed by atoms with Gasteiger partial charge in [0.05, 0.1) is 9.82 Å². The second-order valence-corrected chi connectivity index (χ2v) is 6.24. The van der Waals surface area contributed by atoms with Crippen LogP contribution in [0.4, 0.5) is 5.69 Å². The summed E-state index contributed by atoms with van der Waals surface area (Å²) in [5, 5.41) is 19.2. The quantitative estimate of drug-likeness (QED) is 0.551. The minimum Gasteiger partial charge on any atom is -0.481 e. The monoisotopic (exact) mass is 316 g/mol. The highest BCUT2D eigenvalue weighted by Gasteiger charge is 2.18. The second-order valence-electron chi connectivity index (χ2n) is 4.48. The number of benzene rings is 1. The Kier molecular flexibility index (Phi) is 5.79. The zero-order valence-electron chi connectivity index (χ0n) is 11.4. The van der Waals surface area contributed by atoms with E-state index < -0.39 is 20.9 Å². The van der Waals surface area contributed by atoms with Crippen LogP contribution in [-0.4, -0.2) is 31.0 Å². The molecule has 0 heterocycles. The van der Waals surface area contributed by atoms with Gasteiger partial charge >= 0.3 is 5.97 Å². The Bertz CT molecular complexity index is 611. The van der Waals surface area contributed by atoms with Gasteiger partial charge in [-0.15, -0.1) is 0 Å². The summed E-state index contributed by atoms with van der Waals surface area (Å²) in [5.74, 6) is -1.30. The van der Waals surface area contributed by atoms with Crippen LogP contribution in [0.2, 0.25) is 0 Å². The van der Waals surface area contributed by atoms with Gasteiger partial charge in [-0.05, 0) is 18.1 Å². The number of hydrogen-bond donors (Lipinski definition) is 2. The molecule has 1 atom stereocenters. The van der Waals surface area contributed by atoms with Crippen LogP contribution in [0.5, 0.6) is 0 Å². The van der Waals surface area contributed by atoms with Crippen molar-refractivity contribution >= 4 is 21.7 Å². The molecule has 0 aliphatic heterocycles. The SMILES string of the molecule is CCC(CNS(=O)(=O)c1ccc([N+](=O)[O-])cc1)CC(=O)O. The van der Waals surface area contributed by atoms with E-state index in [0.717, 1.165) is 24.3 Å². The van der Waals surface area contributed by atoms with E-state index in [-0.39, 0.29) is 29.5 Å². The van der Waals surface area contributed by atoms with Gasteiger partial charge in [-0.2, -0.15) is 0 Å². The first-order chi connectivity index (χ1) is 9.76. The predicted octanol–water partition coefficient (Wildman–Crippen LogP) is 1.37. The van der Waals surface area contributed by atoms with Crippen molar-refractivity contribution in [3.05, 3.63) is 34.4 Å². The number of hydrogen-bond acceptors (Lipinski definition) is 5. The molecule has 2 N–H and O–H groups in total. The van der Waals surface area contributed by atoms with E-state index >= 15 is 0 Å². The molecule has 116 valence electrons. The van der Waals surface area contributed by atoms with E-state index in [1.54, 1.807) is 6.92 Å². The number of sulfonamides is 1. The lowest BCUT2D eigenvalue weighted by molar-refractivity contribution is -0.384. The summed E-state index contributed by atoms with van der Waals surface area (Å²) in [6.07, 6.45) is 0.397. The fraction of sp³-hybridized carbons (Fsp3) is 0.417. The molecule has 0 amide bonds. The van der Waals surface area contributed by atoms with Crippen LogP contribution in [0.1, 0.15) is 19.8 Å². The van der Waals surface area contributed by atoms with Crippen molar-refractivity contribution in [3.8, 4) is 0 Å². The van der Waals surface area contributed by atoms with Crippen LogP contribution in [0, 0.1) is 16.0 Å². The molecule has 0 aliphatic rings. The maximum Gasteiger partial charge on any atom is 0.303 e. The molecule has 21 heavy (non-hydrogen) atoms. The molecule has 0 bridgehead atoms. The first-order valence-electron chi connectivity index (χ1n) is 6.22. The molecule has 1 unspecified atom stereocenters. The molecule has 0 radical (unpaired) electrons. The zero-order chi connectivity index (χ0) is 16.0. The topological polar surface area (TPSA) is 127 Å². The number of rotatable bonds is 8. The molecule has 1 aromatic carbocycles. The minimum absolute atomic E-state index is 0.00210. The maximum absolute atomic E-state index is 12.0. The van der Waals surface area contributed by atoms with Gasteiger partial charge < -0.3 is 5.11 Å². The van der Waals surface area contributed by atoms with Crippen molar-refractivity contribution in [3.63, 3.8) is 0 Å². The number of aliphatic carboxylic acids is 1. The van der Waals surface area contributed by atoms with Crippen LogP contribution in [0.25, 0.3) is 0 Å². The van der Waals surface area contributed by atoms with Gasteiger partial charge in [-0.3, -0.25) is 14.9 Å². The van der Waals surface area contributed by atoms with Crippen LogP contribution < -0.4 is 4.72 Å². The van der Waals surface area contributed by atoms with E-state index in [0.29, 0.717) is 6.42 Å². The number of nitro benzene ring substituents is 1. The normalized spacial score (nSPS) is 12.8. The summed E-state index contributed by atoms with van der Waals surface area (Å²) < 4.78 is 26.3. The molecule has 1 aromatic rings. The Labute approximate surface area is 122 Å². The lowest BCUT2D eigenvalue weighted by atomic mass is 10.0. The van der Waals surface area contributed by atoms with Crippen molar-refractivity contribution in [1.29, 1.82) is 0 Å². The highest BCUT2D eigenvalue weighted by molar-refractivity contribution is 7.89. The van der Waals surface area contributed by atoms with Crippen molar-refractivity contribution in [2.45, 2.75) is 24.7 Å². The molecular formula is C12H16N2O6S. The molecule has 0 spiro atoms. The van der Waals surface area contributed by atoms with Gasteiger partial charge in [0, 0.05) is 25.1 Å². The van der Waals surface area contributed by atoms with Gasteiger partial charge in [-0.1, -0.05) is 13.3 Å². The lowest BCUT2D eigenvalue weighted by Gasteiger charge is -2.13. The third-order valence-corrected chi connectivity index (χ3v) is 4.40. The molecule has 0 saturated carbocycles. The summed E-state index contributed by atoms with van der Waals surface area (Å²) >= 11 is 0. The second kappa shape index (κ2) is 7.14. The number of carboxylic acid groups (broad SMARTS) is 1. The van der Waals surface area contributed by atoms with E-state index in [9.17, 15) is 23.3 Å². The molecule has 1 rings (SSSR count). The Morgan fingerprint density at radius 3 is 2.38 bits per heavy atom. The molecule has 9 heteroatoms. The molecule has 8 nitrogen and oxygen atoms in total. The van der Waals surface area contributed by atoms with Crippen LogP contribution >= 0.6 is 0 Å². The van der Waals surface area contributed by atoms with Gasteiger partial charge in [0.15, 0.2) is 0 Å². The van der Waals surface area contributed by atoms with Crippen molar-refractivity contribution in [1.82, 2.24) is 4.72 Å². The third kappa shape index (κ3) is 5.12. The number of non-ortho nitro benzene ring substituents is 1. The summed E-state index contributed by atoms with van der Waals surface area (Å²) in [7, 11) is -3.81. The van der Waals surface area contributed by atoms with E-state index in [1.807, 2.05) is 0 Å². The van der Waals surface area contributed by atoms with Crippen LogP contribution in [-0.2, 0) is 14.8 Å². The zero-order valence-corrected chi connectivity index (χ0v) is 12.2. The number of nitro groups is 1. The highest BCUT2D eigenvalue weighted by Crippen LogP contribution is 2.16. The van der Waals surface area contributed by atoms with Crippen molar-refractivity contribution in [2.75, 3.05) is 6.54 Å². The van der Waals surface area contributed by atoms with Gasteiger partial charge in [-0.25, -0.2) is 13.1 Å². The molecular weight excluding hydrogens is 300 g/mol. The average Bonchev–Trinajstić information content (AvgIpc) is 2.43. The largest absolute Gasteiger partial charge is 0.481 e. The Morgan fingerprint density at radius 2 is 1.95 bits per heavy atom. The molecule has 0 fully saturated rings. The van der Waals surface area contributed by atoms with Crippen LogP contribution in [0.15, 0.2) is 29.2 Å². The molecule has 0 aliphatic carbocycles. The summed E-state index contributed by atoms with van der Waals surface area (Å²) in [6, 6.07) is 4.48. The van der Waals surface area contributed by atoms with E-state index in [1.165, 1.54) is 0 Å². The van der Waals surface area contributed by atoms with Crippen LogP contribution in [0.3, 0.4) is 0 Å². The van der Waals surface area contributed by atoms with Gasteiger partial charge in [0.25, 0.3) is 5.69 Å². The molecule has 0 aromatic heterocycles. The Morgan fingerprint density at radius 1 is 1.38 bits per heavy atom. The Balaban J connectivity index is 2.76. The number of nitrogens with one attached hydrogen (secondary N) is 1. The van der Waals surface area contributed by atoms with Gasteiger partial charge in [0.2, 0.25) is 10.0 Å². The Hall–Kier alpha value is -2.00. The number of carboxylic acids is 1. The van der Waals surface area contributed by atoms with Crippen molar-refractivity contribution in [2.24, 2.45) is 5.92 Å². The number of carbonyl (C=O) groups is 1. The average molecular weight is 316 g/mol. The predicted molar refractivity (Wildman–Crippen MR) is 74.3 cm³/mol. The first-order valence-corrected chi connectivity index (χ1v) is 7.70. The first kappa shape index (κ1) is 17.1. The summed E-state index contributed by atoms with van der Waals surface area (Å²) in [6.45, 7) is 1.77. The highest BCUT2D eigenvalue weighted by atomic mass is 32.2. The maximum atomic E-state index is 12.0. The van der Waals surface area contributed by atoms with E-state index in [2.05, 4.69) is 4.72 Å². The lowest BCUT2D eigenvalue weighted by Crippen LogP contribution is -2.30. The standard InChI is InChI=1S/C12H16N2O6S/c1-2-9(7-12(15)16)8-13-21(19,20)11-5-3-10(4-6-11)14(17)18/h3-6,9,13H,2,7-8H2,1H3,(H,15,16). The minimum atomic E-state index is -3.81. The molecule has 0 saturated heterocycles. The van der Waals surface area contributed by atoms with E-state index in [4.69, 9.17) is 5.11 Å². The third-order valence-electron chi connectivity index (χ3n) is 2.96.